The number of benzene rings is 1. The Hall–Kier alpha value is -2.40. The number of hydrogen-bond donors (Lipinski definition) is 1. The second-order valence-electron chi connectivity index (χ2n) is 4.06. The minimum Gasteiger partial charge on any atom is -0.462 e. The molecule has 0 bridgehead atoms. The van der Waals surface area contributed by atoms with Gasteiger partial charge in [-0.05, 0) is 30.7 Å². The molecule has 0 aliphatic heterocycles. The maximum Gasteiger partial charge on any atom is 0.339 e. The van der Waals surface area contributed by atoms with E-state index >= 15 is 0 Å². The van der Waals surface area contributed by atoms with E-state index < -0.39 is 0 Å². The predicted octanol–water partition coefficient (Wildman–Crippen LogP) is 2.51. The molecule has 2 N–H and O–H groups in total. The third kappa shape index (κ3) is 3.55. The highest BCUT2D eigenvalue weighted by molar-refractivity contribution is 5.89. The minimum atomic E-state index is -0.390. The summed E-state index contributed by atoms with van der Waals surface area (Å²) in [5.41, 5.74) is 6.96. The van der Waals surface area contributed by atoms with Gasteiger partial charge in [0.05, 0.1) is 12.2 Å². The molecule has 1 heterocycles. The lowest BCUT2D eigenvalue weighted by atomic mass is 10.2. The number of pyridine rings is 1. The van der Waals surface area contributed by atoms with Crippen LogP contribution in [0.15, 0.2) is 42.6 Å². The number of esters is 1. The first-order valence-corrected chi connectivity index (χ1v) is 6.33. The topological polar surface area (TPSA) is 74.4 Å². The van der Waals surface area contributed by atoms with Gasteiger partial charge in [-0.2, -0.15) is 0 Å². The van der Waals surface area contributed by atoms with E-state index in [1.54, 1.807) is 19.1 Å². The maximum absolute atomic E-state index is 11.5. The van der Waals surface area contributed by atoms with Gasteiger partial charge in [-0.15, -0.1) is 0 Å². The fourth-order valence-corrected chi connectivity index (χ4v) is 1.59. The zero-order valence-electron chi connectivity index (χ0n) is 11.2. The van der Waals surface area contributed by atoms with Crippen molar-refractivity contribution in [2.24, 2.45) is 5.73 Å². The third-order valence-corrected chi connectivity index (χ3v) is 2.63. The van der Waals surface area contributed by atoms with Crippen LogP contribution in [0, 0.1) is 0 Å². The van der Waals surface area contributed by atoms with Crippen LogP contribution < -0.4 is 10.5 Å². The molecule has 0 spiro atoms. The molecule has 0 aliphatic rings. The highest BCUT2D eigenvalue weighted by Gasteiger charge is 2.07. The molecule has 0 fully saturated rings. The van der Waals surface area contributed by atoms with E-state index in [4.69, 9.17) is 15.2 Å². The van der Waals surface area contributed by atoms with Crippen molar-refractivity contribution in [3.63, 3.8) is 0 Å². The Morgan fingerprint density at radius 1 is 1.20 bits per heavy atom. The summed E-state index contributed by atoms with van der Waals surface area (Å²) in [7, 11) is 0. The zero-order valence-corrected chi connectivity index (χ0v) is 11.2. The van der Waals surface area contributed by atoms with Gasteiger partial charge in [-0.3, -0.25) is 0 Å². The van der Waals surface area contributed by atoms with E-state index in [2.05, 4.69) is 4.98 Å². The molecule has 1 aromatic heterocycles. The van der Waals surface area contributed by atoms with Gasteiger partial charge in [0.25, 0.3) is 0 Å². The van der Waals surface area contributed by atoms with Crippen LogP contribution in [0.25, 0.3) is 0 Å². The highest BCUT2D eigenvalue weighted by atomic mass is 16.5. The van der Waals surface area contributed by atoms with Crippen molar-refractivity contribution in [3.05, 3.63) is 53.7 Å². The number of hydrogen-bond acceptors (Lipinski definition) is 5. The minimum absolute atomic E-state index is 0.338. The van der Waals surface area contributed by atoms with E-state index in [1.807, 2.05) is 24.3 Å². The lowest BCUT2D eigenvalue weighted by molar-refractivity contribution is 0.0526. The average molecular weight is 272 g/mol. The summed E-state index contributed by atoms with van der Waals surface area (Å²) in [4.78, 5) is 15.5. The molecule has 0 saturated carbocycles. The Labute approximate surface area is 117 Å². The number of rotatable bonds is 5. The molecule has 0 saturated heterocycles. The molecule has 104 valence electrons. The summed E-state index contributed by atoms with van der Waals surface area (Å²) >= 11 is 0. The first-order valence-electron chi connectivity index (χ1n) is 6.33. The molecule has 0 atom stereocenters. The van der Waals surface area contributed by atoms with E-state index in [-0.39, 0.29) is 5.97 Å². The standard InChI is InChI=1S/C15H16N2O3/c1-2-19-15(18)12-5-8-14(17-10-12)20-13-6-3-11(9-16)4-7-13/h3-8,10H,2,9,16H2,1H3. The van der Waals surface area contributed by atoms with E-state index in [0.29, 0.717) is 30.3 Å². The lowest BCUT2D eigenvalue weighted by Gasteiger charge is -2.06. The Morgan fingerprint density at radius 3 is 2.50 bits per heavy atom. The quantitative estimate of drug-likeness (QED) is 0.846. The Morgan fingerprint density at radius 2 is 1.95 bits per heavy atom. The van der Waals surface area contributed by atoms with E-state index in [0.717, 1.165) is 5.56 Å². The zero-order chi connectivity index (χ0) is 14.4. The van der Waals surface area contributed by atoms with Gasteiger partial charge in [-0.25, -0.2) is 9.78 Å². The van der Waals surface area contributed by atoms with Crippen LogP contribution in [-0.4, -0.2) is 17.6 Å². The van der Waals surface area contributed by atoms with Crippen molar-refractivity contribution in [3.8, 4) is 11.6 Å². The number of ether oxygens (including phenoxy) is 2. The van der Waals surface area contributed by atoms with E-state index in [1.165, 1.54) is 6.20 Å². The number of carbonyl (C=O) groups is 1. The first-order chi connectivity index (χ1) is 9.72. The molecule has 0 aliphatic carbocycles. The number of nitrogens with zero attached hydrogens (tertiary/aromatic N) is 1. The molecule has 2 rings (SSSR count). The van der Waals surface area contributed by atoms with Crippen molar-refractivity contribution in [1.29, 1.82) is 0 Å². The second kappa shape index (κ2) is 6.68. The van der Waals surface area contributed by atoms with Crippen molar-refractivity contribution in [2.45, 2.75) is 13.5 Å². The van der Waals surface area contributed by atoms with Gasteiger partial charge >= 0.3 is 5.97 Å². The Balaban J connectivity index is 2.04. The maximum atomic E-state index is 11.5. The molecule has 5 nitrogen and oxygen atoms in total. The van der Waals surface area contributed by atoms with Crippen LogP contribution in [0.5, 0.6) is 11.6 Å². The monoisotopic (exact) mass is 272 g/mol. The normalized spacial score (nSPS) is 10.1. The third-order valence-electron chi connectivity index (χ3n) is 2.63. The van der Waals surface area contributed by atoms with Gasteiger partial charge < -0.3 is 15.2 Å². The average Bonchev–Trinajstić information content (AvgIpc) is 2.49. The smallest absolute Gasteiger partial charge is 0.339 e. The van der Waals surface area contributed by atoms with Gasteiger partial charge in [0.1, 0.15) is 5.75 Å². The number of carbonyl (C=O) groups excluding carboxylic acids is 1. The predicted molar refractivity (Wildman–Crippen MR) is 74.6 cm³/mol. The first kappa shape index (κ1) is 14.0. The number of aromatic nitrogens is 1. The van der Waals surface area contributed by atoms with Gasteiger partial charge in [0.15, 0.2) is 0 Å². The summed E-state index contributed by atoms with van der Waals surface area (Å²) in [6.45, 7) is 2.59. The van der Waals surface area contributed by atoms with Crippen molar-refractivity contribution >= 4 is 5.97 Å². The summed E-state index contributed by atoms with van der Waals surface area (Å²) in [6, 6.07) is 10.7. The SMILES string of the molecule is CCOC(=O)c1ccc(Oc2ccc(CN)cc2)nc1. The second-order valence-corrected chi connectivity index (χ2v) is 4.06. The Bertz CT molecular complexity index is 565. The molecule has 0 radical (unpaired) electrons. The van der Waals surface area contributed by atoms with E-state index in [9.17, 15) is 4.79 Å². The summed E-state index contributed by atoms with van der Waals surface area (Å²) in [5.74, 6) is 0.691. The highest BCUT2D eigenvalue weighted by Crippen LogP contribution is 2.19. The molecule has 2 aromatic rings. The largest absolute Gasteiger partial charge is 0.462 e. The summed E-state index contributed by atoms with van der Waals surface area (Å²) in [6.07, 6.45) is 1.43. The van der Waals surface area contributed by atoms with Crippen molar-refractivity contribution in [1.82, 2.24) is 4.98 Å². The van der Waals surface area contributed by atoms with Crippen LogP contribution in [0.3, 0.4) is 0 Å². The van der Waals surface area contributed by atoms with Crippen LogP contribution in [-0.2, 0) is 11.3 Å². The fraction of sp³-hybridized carbons (Fsp3) is 0.200. The van der Waals surface area contributed by atoms with Gasteiger partial charge in [0.2, 0.25) is 5.88 Å². The lowest BCUT2D eigenvalue weighted by Crippen LogP contribution is -2.04. The molecule has 20 heavy (non-hydrogen) atoms. The van der Waals surface area contributed by atoms with Gasteiger partial charge in [0, 0.05) is 18.8 Å². The number of nitrogens with two attached hydrogens (primary N) is 1. The van der Waals surface area contributed by atoms with Crippen molar-refractivity contribution in [2.75, 3.05) is 6.61 Å². The Kier molecular flexibility index (Phi) is 4.68. The fourth-order valence-electron chi connectivity index (χ4n) is 1.59. The molecule has 0 amide bonds. The molecule has 0 unspecified atom stereocenters. The van der Waals surface area contributed by atoms with Crippen LogP contribution in [0.4, 0.5) is 0 Å². The molecule has 1 aromatic carbocycles. The van der Waals surface area contributed by atoms with Crippen LogP contribution in [0.2, 0.25) is 0 Å². The van der Waals surface area contributed by atoms with Gasteiger partial charge in [-0.1, -0.05) is 12.1 Å². The van der Waals surface area contributed by atoms with Crippen molar-refractivity contribution < 1.29 is 14.3 Å². The molecular weight excluding hydrogens is 256 g/mol. The molecular formula is C15H16N2O3. The molecule has 5 heteroatoms. The van der Waals surface area contributed by atoms with Crippen LogP contribution >= 0.6 is 0 Å². The van der Waals surface area contributed by atoms with Crippen LogP contribution in [0.1, 0.15) is 22.8 Å². The summed E-state index contributed by atoms with van der Waals surface area (Å²) in [5, 5.41) is 0. The summed E-state index contributed by atoms with van der Waals surface area (Å²) < 4.78 is 10.4.